The standard InChI is InChI=1S/C21H31N5O3/c1-14-11-25(12-15(2)29-14)21(3,4)13-23-20(28)17-10-18(19(22)27)26(24-17)16-8-6-5-7-9-16/h5-9,14-15,18H,10-13H2,1-4H3,(H2,22,27)(H,23,28)/t14-,15-,18+/m1/s1. The number of rotatable bonds is 6. The van der Waals surface area contributed by atoms with Crippen molar-refractivity contribution in [3.63, 3.8) is 0 Å². The summed E-state index contributed by atoms with van der Waals surface area (Å²) in [5.41, 5.74) is 6.37. The van der Waals surface area contributed by atoms with Gasteiger partial charge in [-0.15, -0.1) is 0 Å². The van der Waals surface area contributed by atoms with Crippen molar-refractivity contribution in [3.8, 4) is 0 Å². The molecular weight excluding hydrogens is 370 g/mol. The molecule has 8 heteroatoms. The summed E-state index contributed by atoms with van der Waals surface area (Å²) in [6.07, 6.45) is 0.509. The third-order valence-corrected chi connectivity index (χ3v) is 5.48. The second-order valence-corrected chi connectivity index (χ2v) is 8.51. The topological polar surface area (TPSA) is 100 Å². The highest BCUT2D eigenvalue weighted by atomic mass is 16.5. The molecule has 0 bridgehead atoms. The highest BCUT2D eigenvalue weighted by Crippen LogP contribution is 2.25. The van der Waals surface area contributed by atoms with Crippen molar-refractivity contribution < 1.29 is 14.3 Å². The van der Waals surface area contributed by atoms with Crippen LogP contribution in [0.15, 0.2) is 35.4 Å². The zero-order valence-corrected chi connectivity index (χ0v) is 17.6. The van der Waals surface area contributed by atoms with Crippen molar-refractivity contribution in [2.75, 3.05) is 24.6 Å². The van der Waals surface area contributed by atoms with Gasteiger partial charge in [-0.2, -0.15) is 5.10 Å². The molecule has 0 aliphatic carbocycles. The zero-order chi connectivity index (χ0) is 21.2. The molecule has 3 atom stereocenters. The van der Waals surface area contributed by atoms with E-state index >= 15 is 0 Å². The number of nitrogens with one attached hydrogen (secondary N) is 1. The third-order valence-electron chi connectivity index (χ3n) is 5.48. The molecular formula is C21H31N5O3. The molecule has 2 aliphatic heterocycles. The van der Waals surface area contributed by atoms with Crippen molar-refractivity contribution in [3.05, 3.63) is 30.3 Å². The Morgan fingerprint density at radius 3 is 2.41 bits per heavy atom. The van der Waals surface area contributed by atoms with Crippen LogP contribution in [0.25, 0.3) is 0 Å². The van der Waals surface area contributed by atoms with Gasteiger partial charge < -0.3 is 15.8 Å². The number of para-hydroxylation sites is 1. The number of hydrogen-bond acceptors (Lipinski definition) is 6. The number of carbonyl (C=O) groups excluding carboxylic acids is 2. The van der Waals surface area contributed by atoms with Gasteiger partial charge >= 0.3 is 0 Å². The predicted octanol–water partition coefficient (Wildman–Crippen LogP) is 1.11. The fourth-order valence-electron chi connectivity index (χ4n) is 3.87. The van der Waals surface area contributed by atoms with Gasteiger partial charge in [-0.25, -0.2) is 0 Å². The van der Waals surface area contributed by atoms with Crippen molar-refractivity contribution in [1.29, 1.82) is 0 Å². The van der Waals surface area contributed by atoms with Crippen molar-refractivity contribution >= 4 is 23.2 Å². The Kier molecular flexibility index (Phi) is 6.24. The van der Waals surface area contributed by atoms with Gasteiger partial charge in [-0.3, -0.25) is 19.5 Å². The minimum absolute atomic E-state index is 0.156. The molecule has 3 rings (SSSR count). The van der Waals surface area contributed by atoms with Crippen LogP contribution >= 0.6 is 0 Å². The van der Waals surface area contributed by atoms with Gasteiger partial charge in [0.2, 0.25) is 5.91 Å². The first-order valence-electron chi connectivity index (χ1n) is 10.1. The lowest BCUT2D eigenvalue weighted by Gasteiger charge is -2.45. The predicted molar refractivity (Wildman–Crippen MR) is 113 cm³/mol. The van der Waals surface area contributed by atoms with Crippen LogP contribution in [0.1, 0.15) is 34.1 Å². The van der Waals surface area contributed by atoms with E-state index in [0.717, 1.165) is 18.8 Å². The van der Waals surface area contributed by atoms with E-state index < -0.39 is 11.9 Å². The van der Waals surface area contributed by atoms with E-state index in [0.29, 0.717) is 12.3 Å². The number of primary amides is 1. The fourth-order valence-corrected chi connectivity index (χ4v) is 3.87. The minimum atomic E-state index is -0.660. The minimum Gasteiger partial charge on any atom is -0.373 e. The van der Waals surface area contributed by atoms with Gasteiger partial charge in [0.05, 0.1) is 17.9 Å². The van der Waals surface area contributed by atoms with Crippen LogP contribution in [0.5, 0.6) is 0 Å². The Morgan fingerprint density at radius 1 is 1.21 bits per heavy atom. The quantitative estimate of drug-likeness (QED) is 0.744. The van der Waals surface area contributed by atoms with Crippen LogP contribution in [-0.2, 0) is 14.3 Å². The summed E-state index contributed by atoms with van der Waals surface area (Å²) in [5.74, 6) is -0.769. The third kappa shape index (κ3) is 4.94. The van der Waals surface area contributed by atoms with Gasteiger partial charge in [0.15, 0.2) is 0 Å². The number of carbonyl (C=O) groups is 2. The molecule has 0 radical (unpaired) electrons. The van der Waals surface area contributed by atoms with Crippen LogP contribution in [0, 0.1) is 0 Å². The normalized spacial score (nSPS) is 25.6. The molecule has 0 unspecified atom stereocenters. The first-order chi connectivity index (χ1) is 13.7. The van der Waals surface area contributed by atoms with Crippen molar-refractivity contribution in [2.45, 2.75) is 57.9 Å². The molecule has 29 heavy (non-hydrogen) atoms. The van der Waals surface area contributed by atoms with Gasteiger partial charge in [-0.1, -0.05) is 18.2 Å². The molecule has 2 amide bonds. The van der Waals surface area contributed by atoms with Crippen molar-refractivity contribution in [2.24, 2.45) is 10.8 Å². The van der Waals surface area contributed by atoms with Gasteiger partial charge in [-0.05, 0) is 39.8 Å². The lowest BCUT2D eigenvalue weighted by atomic mass is 9.99. The maximum atomic E-state index is 12.8. The van der Waals surface area contributed by atoms with E-state index in [1.54, 1.807) is 0 Å². The molecule has 2 aliphatic rings. The number of amides is 2. The number of hydrazone groups is 1. The van der Waals surface area contributed by atoms with Gasteiger partial charge in [0.1, 0.15) is 11.8 Å². The molecule has 1 saturated heterocycles. The summed E-state index contributed by atoms with van der Waals surface area (Å²) in [4.78, 5) is 27.0. The van der Waals surface area contributed by atoms with Crippen LogP contribution in [0.3, 0.4) is 0 Å². The smallest absolute Gasteiger partial charge is 0.267 e. The molecule has 0 spiro atoms. The maximum Gasteiger partial charge on any atom is 0.267 e. The van der Waals surface area contributed by atoms with Gasteiger partial charge in [0, 0.05) is 31.6 Å². The molecule has 3 N–H and O–H groups in total. The lowest BCUT2D eigenvalue weighted by molar-refractivity contribution is -0.119. The van der Waals surface area contributed by atoms with Crippen molar-refractivity contribution in [1.82, 2.24) is 10.2 Å². The summed E-state index contributed by atoms with van der Waals surface area (Å²) in [7, 11) is 0. The Labute approximate surface area is 172 Å². The number of nitrogens with two attached hydrogens (primary N) is 1. The van der Waals surface area contributed by atoms with E-state index in [9.17, 15) is 9.59 Å². The first-order valence-corrected chi connectivity index (χ1v) is 10.1. The Bertz CT molecular complexity index is 770. The highest BCUT2D eigenvalue weighted by Gasteiger charge is 2.37. The highest BCUT2D eigenvalue weighted by molar-refractivity contribution is 6.40. The van der Waals surface area contributed by atoms with E-state index in [-0.39, 0.29) is 30.1 Å². The number of benzene rings is 1. The average molecular weight is 402 g/mol. The number of ether oxygens (including phenoxy) is 1. The van der Waals surface area contributed by atoms with Crippen LogP contribution in [0.2, 0.25) is 0 Å². The molecule has 158 valence electrons. The lowest BCUT2D eigenvalue weighted by Crippen LogP contribution is -2.59. The van der Waals surface area contributed by atoms with E-state index in [4.69, 9.17) is 10.5 Å². The summed E-state index contributed by atoms with van der Waals surface area (Å²) in [6, 6.07) is 8.61. The first kappa shape index (κ1) is 21.3. The second kappa shape index (κ2) is 8.51. The Hall–Kier alpha value is -2.45. The number of morpholine rings is 1. The Balaban J connectivity index is 1.66. The molecule has 2 heterocycles. The SMILES string of the molecule is C[C@@H]1CN(C(C)(C)CNC(=O)C2=NN(c3ccccc3)[C@H](C(N)=O)C2)C[C@@H](C)O1. The summed E-state index contributed by atoms with van der Waals surface area (Å²) in [6.45, 7) is 10.4. The van der Waals surface area contributed by atoms with Crippen LogP contribution in [0.4, 0.5) is 5.69 Å². The summed E-state index contributed by atoms with van der Waals surface area (Å²) < 4.78 is 5.81. The molecule has 1 aromatic carbocycles. The monoisotopic (exact) mass is 401 g/mol. The number of hydrogen-bond donors (Lipinski definition) is 2. The zero-order valence-electron chi connectivity index (χ0n) is 17.6. The molecule has 1 fully saturated rings. The fraction of sp³-hybridized carbons (Fsp3) is 0.571. The van der Waals surface area contributed by atoms with E-state index in [2.05, 4.69) is 43.0 Å². The maximum absolute atomic E-state index is 12.8. The average Bonchev–Trinajstić information content (AvgIpc) is 3.12. The van der Waals surface area contributed by atoms with Gasteiger partial charge in [0.25, 0.3) is 5.91 Å². The van der Waals surface area contributed by atoms with Crippen LogP contribution < -0.4 is 16.1 Å². The molecule has 8 nitrogen and oxygen atoms in total. The van der Waals surface area contributed by atoms with E-state index in [1.165, 1.54) is 5.01 Å². The van der Waals surface area contributed by atoms with Crippen LogP contribution in [-0.4, -0.2) is 65.8 Å². The number of anilines is 1. The Morgan fingerprint density at radius 2 is 1.83 bits per heavy atom. The molecule has 0 aromatic heterocycles. The summed E-state index contributed by atoms with van der Waals surface area (Å²) >= 11 is 0. The number of nitrogens with zero attached hydrogens (tertiary/aromatic N) is 3. The summed E-state index contributed by atoms with van der Waals surface area (Å²) in [5, 5.41) is 8.93. The largest absolute Gasteiger partial charge is 0.373 e. The molecule has 0 saturated carbocycles. The molecule has 1 aromatic rings. The van der Waals surface area contributed by atoms with E-state index in [1.807, 2.05) is 30.3 Å². The second-order valence-electron chi connectivity index (χ2n) is 8.51.